The SMILES string of the molecule is O=C(C[C@H]([NH2+]CCO)C(=O)[O-])Nc1cccc2ccccc12. The molecule has 0 heterocycles. The van der Waals surface area contributed by atoms with Crippen LogP contribution < -0.4 is 15.7 Å². The van der Waals surface area contributed by atoms with Crippen molar-refractivity contribution in [1.82, 2.24) is 0 Å². The van der Waals surface area contributed by atoms with Gasteiger partial charge in [-0.2, -0.15) is 0 Å². The van der Waals surface area contributed by atoms with Crippen LogP contribution in [0.3, 0.4) is 0 Å². The number of carbonyl (C=O) groups excluding carboxylic acids is 2. The third-order valence-corrected chi connectivity index (χ3v) is 3.35. The van der Waals surface area contributed by atoms with Crippen molar-refractivity contribution in [3.63, 3.8) is 0 Å². The number of aliphatic carboxylic acids is 1. The maximum absolute atomic E-state index is 12.0. The number of hydrogen-bond acceptors (Lipinski definition) is 4. The van der Waals surface area contributed by atoms with Gasteiger partial charge in [-0.15, -0.1) is 0 Å². The van der Waals surface area contributed by atoms with Gasteiger partial charge < -0.3 is 25.6 Å². The van der Waals surface area contributed by atoms with Crippen LogP contribution >= 0.6 is 0 Å². The summed E-state index contributed by atoms with van der Waals surface area (Å²) in [6, 6.07) is 12.1. The summed E-state index contributed by atoms with van der Waals surface area (Å²) in [5, 5.41) is 25.7. The smallest absolute Gasteiger partial charge is 0.230 e. The van der Waals surface area contributed by atoms with Crippen LogP contribution in [0.4, 0.5) is 5.69 Å². The second-order valence-electron chi connectivity index (χ2n) is 4.95. The number of carboxylic acids is 1. The summed E-state index contributed by atoms with van der Waals surface area (Å²) in [4.78, 5) is 23.1. The number of aliphatic hydroxyl groups is 1. The number of anilines is 1. The fourth-order valence-electron chi connectivity index (χ4n) is 2.27. The fraction of sp³-hybridized carbons (Fsp3) is 0.250. The molecule has 116 valence electrons. The molecule has 0 aliphatic rings. The summed E-state index contributed by atoms with van der Waals surface area (Å²) in [5.74, 6) is -1.72. The predicted molar refractivity (Wildman–Crippen MR) is 79.9 cm³/mol. The van der Waals surface area contributed by atoms with Crippen LogP contribution in [0.1, 0.15) is 6.42 Å². The minimum atomic E-state index is -1.32. The standard InChI is InChI=1S/C16H18N2O4/c19-9-8-17-14(16(21)22)10-15(20)18-13-7-3-5-11-4-1-2-6-12(11)13/h1-7,14,17,19H,8-10H2,(H,18,20)(H,21,22)/t14-/m0/s1. The lowest BCUT2D eigenvalue weighted by molar-refractivity contribution is -0.683. The molecule has 6 nitrogen and oxygen atoms in total. The van der Waals surface area contributed by atoms with Crippen LogP contribution in [0.5, 0.6) is 0 Å². The molecule has 0 saturated carbocycles. The lowest BCUT2D eigenvalue weighted by atomic mass is 10.1. The first-order valence-electron chi connectivity index (χ1n) is 7.04. The first-order chi connectivity index (χ1) is 10.6. The Bertz CT molecular complexity index is 667. The second-order valence-corrected chi connectivity index (χ2v) is 4.95. The van der Waals surface area contributed by atoms with Crippen LogP contribution in [0.25, 0.3) is 10.8 Å². The fourth-order valence-corrected chi connectivity index (χ4v) is 2.27. The highest BCUT2D eigenvalue weighted by atomic mass is 16.4. The van der Waals surface area contributed by atoms with Crippen LogP contribution in [0.2, 0.25) is 0 Å². The molecular formula is C16H18N2O4. The van der Waals surface area contributed by atoms with E-state index in [1.54, 1.807) is 6.07 Å². The first kappa shape index (κ1) is 15.9. The molecule has 2 rings (SSSR count). The number of carbonyl (C=O) groups is 2. The minimum Gasteiger partial charge on any atom is -0.544 e. The molecule has 0 spiro atoms. The average molecular weight is 302 g/mol. The Morgan fingerprint density at radius 2 is 1.91 bits per heavy atom. The number of nitrogens with two attached hydrogens (primary N) is 1. The molecule has 0 saturated heterocycles. The highest BCUT2D eigenvalue weighted by molar-refractivity contribution is 6.02. The summed E-state index contributed by atoms with van der Waals surface area (Å²) < 4.78 is 0. The van der Waals surface area contributed by atoms with E-state index in [1.165, 1.54) is 5.32 Å². The number of rotatable bonds is 7. The van der Waals surface area contributed by atoms with Gasteiger partial charge in [-0.3, -0.25) is 4.79 Å². The lowest BCUT2D eigenvalue weighted by Crippen LogP contribution is -2.94. The van der Waals surface area contributed by atoms with Gasteiger partial charge in [0.1, 0.15) is 6.04 Å². The van der Waals surface area contributed by atoms with Gasteiger partial charge in [-0.05, 0) is 11.5 Å². The van der Waals surface area contributed by atoms with E-state index < -0.39 is 17.9 Å². The normalized spacial score (nSPS) is 12.0. The number of benzene rings is 2. The van der Waals surface area contributed by atoms with Gasteiger partial charge in [-0.1, -0.05) is 36.4 Å². The molecule has 1 atom stereocenters. The van der Waals surface area contributed by atoms with Gasteiger partial charge >= 0.3 is 0 Å². The van der Waals surface area contributed by atoms with Crippen molar-refractivity contribution in [3.8, 4) is 0 Å². The van der Waals surface area contributed by atoms with Crippen molar-refractivity contribution in [1.29, 1.82) is 0 Å². The van der Waals surface area contributed by atoms with Crippen LogP contribution in [0, 0.1) is 0 Å². The highest BCUT2D eigenvalue weighted by Gasteiger charge is 2.18. The summed E-state index contributed by atoms with van der Waals surface area (Å²) in [7, 11) is 0. The van der Waals surface area contributed by atoms with E-state index in [0.717, 1.165) is 10.8 Å². The molecule has 0 aromatic heterocycles. The monoisotopic (exact) mass is 302 g/mol. The van der Waals surface area contributed by atoms with Crippen molar-refractivity contribution in [3.05, 3.63) is 42.5 Å². The Hall–Kier alpha value is -2.44. The zero-order valence-electron chi connectivity index (χ0n) is 12.0. The van der Waals surface area contributed by atoms with Gasteiger partial charge in [0.25, 0.3) is 0 Å². The van der Waals surface area contributed by atoms with Gasteiger partial charge in [0, 0.05) is 11.1 Å². The Labute approximate surface area is 127 Å². The number of nitrogens with one attached hydrogen (secondary N) is 1. The molecule has 6 heteroatoms. The summed E-state index contributed by atoms with van der Waals surface area (Å²) in [5.41, 5.74) is 0.641. The molecule has 0 radical (unpaired) electrons. The number of carboxylic acid groups (broad SMARTS) is 1. The number of fused-ring (bicyclic) bond motifs is 1. The van der Waals surface area contributed by atoms with E-state index in [4.69, 9.17) is 5.11 Å². The Morgan fingerprint density at radius 3 is 2.64 bits per heavy atom. The zero-order valence-corrected chi connectivity index (χ0v) is 12.0. The quantitative estimate of drug-likeness (QED) is 0.600. The van der Waals surface area contributed by atoms with E-state index in [9.17, 15) is 14.7 Å². The van der Waals surface area contributed by atoms with Gasteiger partial charge in [0.15, 0.2) is 0 Å². The molecular weight excluding hydrogens is 284 g/mol. The minimum absolute atomic E-state index is 0.158. The van der Waals surface area contributed by atoms with Crippen LogP contribution in [0.15, 0.2) is 42.5 Å². The Kier molecular flexibility index (Phi) is 5.46. The number of hydrogen-bond donors (Lipinski definition) is 3. The molecule has 4 N–H and O–H groups in total. The summed E-state index contributed by atoms with van der Waals surface area (Å²) in [6.07, 6.45) is -0.217. The summed E-state index contributed by atoms with van der Waals surface area (Å²) in [6.45, 7) is 0.0505. The van der Waals surface area contributed by atoms with Crippen molar-refractivity contribution in [2.75, 3.05) is 18.5 Å². The van der Waals surface area contributed by atoms with Crippen molar-refractivity contribution in [2.45, 2.75) is 12.5 Å². The van der Waals surface area contributed by atoms with E-state index >= 15 is 0 Å². The molecule has 0 bridgehead atoms. The zero-order chi connectivity index (χ0) is 15.9. The number of quaternary nitrogens is 1. The first-order valence-corrected chi connectivity index (χ1v) is 7.04. The maximum Gasteiger partial charge on any atom is 0.230 e. The predicted octanol–water partition coefficient (Wildman–Crippen LogP) is -1.16. The Balaban J connectivity index is 2.08. The molecule has 0 unspecified atom stereocenters. The molecule has 22 heavy (non-hydrogen) atoms. The van der Waals surface area contributed by atoms with Gasteiger partial charge in [0.2, 0.25) is 5.91 Å². The molecule has 2 aromatic carbocycles. The van der Waals surface area contributed by atoms with E-state index in [2.05, 4.69) is 5.32 Å². The third kappa shape index (κ3) is 4.03. The lowest BCUT2D eigenvalue weighted by Gasteiger charge is -2.16. The largest absolute Gasteiger partial charge is 0.544 e. The third-order valence-electron chi connectivity index (χ3n) is 3.35. The average Bonchev–Trinajstić information content (AvgIpc) is 2.51. The maximum atomic E-state index is 12.0. The van der Waals surface area contributed by atoms with Crippen molar-refractivity contribution >= 4 is 28.3 Å². The highest BCUT2D eigenvalue weighted by Crippen LogP contribution is 2.22. The van der Waals surface area contributed by atoms with Crippen LogP contribution in [-0.4, -0.2) is 36.2 Å². The van der Waals surface area contributed by atoms with Crippen LogP contribution in [-0.2, 0) is 9.59 Å². The molecule has 1 amide bonds. The number of aliphatic hydroxyl groups excluding tert-OH is 1. The van der Waals surface area contributed by atoms with Crippen molar-refractivity contribution < 1.29 is 25.1 Å². The molecule has 0 aliphatic carbocycles. The number of amides is 1. The topological polar surface area (TPSA) is 106 Å². The summed E-state index contributed by atoms with van der Waals surface area (Å²) >= 11 is 0. The Morgan fingerprint density at radius 1 is 1.18 bits per heavy atom. The molecule has 0 aliphatic heterocycles. The molecule has 0 fully saturated rings. The van der Waals surface area contributed by atoms with E-state index in [-0.39, 0.29) is 19.6 Å². The van der Waals surface area contributed by atoms with Gasteiger partial charge in [0.05, 0.1) is 25.5 Å². The molecule has 2 aromatic rings. The second kappa shape index (κ2) is 7.53. The van der Waals surface area contributed by atoms with E-state index in [1.807, 2.05) is 36.4 Å². The van der Waals surface area contributed by atoms with Gasteiger partial charge in [-0.25, -0.2) is 0 Å². The van der Waals surface area contributed by atoms with Crippen molar-refractivity contribution in [2.24, 2.45) is 0 Å². The van der Waals surface area contributed by atoms with E-state index in [0.29, 0.717) is 5.69 Å².